The molecular weight excluding hydrogens is 396 g/mol. The van der Waals surface area contributed by atoms with E-state index >= 15 is 0 Å². The molecule has 0 radical (unpaired) electrons. The second-order valence-electron chi connectivity index (χ2n) is 11.8. The lowest BCUT2D eigenvalue weighted by Crippen LogP contribution is -2.59. The molecule has 0 aromatic rings. The quantitative estimate of drug-likeness (QED) is 0.389. The zero-order chi connectivity index (χ0) is 21.2. The van der Waals surface area contributed by atoms with Gasteiger partial charge in [-0.1, -0.05) is 13.8 Å². The topological polar surface area (TPSA) is 77.7 Å². The van der Waals surface area contributed by atoms with Crippen molar-refractivity contribution in [2.45, 2.75) is 94.9 Å². The monoisotopic (exact) mass is 428 g/mol. The van der Waals surface area contributed by atoms with E-state index in [4.69, 9.17) is 18.9 Å². The molecule has 0 aromatic heterocycles. The first-order chi connectivity index (χ1) is 14.9. The molecule has 31 heavy (non-hydrogen) atoms. The van der Waals surface area contributed by atoms with Gasteiger partial charge in [0, 0.05) is 17.4 Å². The van der Waals surface area contributed by atoms with E-state index < -0.39 is 11.9 Å². The first-order valence-corrected chi connectivity index (χ1v) is 12.2. The zero-order valence-electron chi connectivity index (χ0n) is 18.4. The van der Waals surface area contributed by atoms with Crippen molar-refractivity contribution in [3.8, 4) is 0 Å². The van der Waals surface area contributed by atoms with Crippen molar-refractivity contribution in [2.24, 2.45) is 34.5 Å². The maximum atomic E-state index is 11.7. The summed E-state index contributed by atoms with van der Waals surface area (Å²) in [6.45, 7) is 5.58. The number of carbonyl (C=O) groups excluding carboxylic acids is 2. The van der Waals surface area contributed by atoms with Crippen molar-refractivity contribution in [1.82, 2.24) is 0 Å². The maximum absolute atomic E-state index is 11.7. The summed E-state index contributed by atoms with van der Waals surface area (Å²) in [7, 11) is 0. The van der Waals surface area contributed by atoms with Crippen molar-refractivity contribution in [1.29, 1.82) is 0 Å². The average molecular weight is 429 g/mol. The first-order valence-electron chi connectivity index (χ1n) is 12.2. The standard InChI is InChI=1S/C25H32O6/c1-22-8-5-15(28-13-26)11-14(22)3-4-17-16(22)6-9-23(2)18(12-19-25(17,23)30-19)24-10-7-20(27)29-21(24)31-24/h7,10,13-19,21H,3-6,8-9,11-12H2,1-2H3/t14-,15+,16+,17-,18+,19-,21?,22+,23-,24+,25-/m1/s1. The Kier molecular flexibility index (Phi) is 3.54. The molecule has 11 atom stereocenters. The fourth-order valence-electron chi connectivity index (χ4n) is 9.63. The van der Waals surface area contributed by atoms with Crippen LogP contribution in [0.2, 0.25) is 0 Å². The predicted molar refractivity (Wildman–Crippen MR) is 108 cm³/mol. The van der Waals surface area contributed by atoms with Crippen LogP contribution in [0, 0.1) is 34.5 Å². The smallest absolute Gasteiger partial charge is 0.332 e. The number of fused-ring (bicyclic) bond motifs is 4. The van der Waals surface area contributed by atoms with Gasteiger partial charge < -0.3 is 18.9 Å². The number of ether oxygens (including phenoxy) is 4. The third-order valence-electron chi connectivity index (χ3n) is 11.2. The molecule has 6 heteroatoms. The molecule has 0 bridgehead atoms. The average Bonchev–Trinajstić information content (AvgIpc) is 3.63. The molecule has 7 aliphatic rings. The van der Waals surface area contributed by atoms with Gasteiger partial charge in [-0.15, -0.1) is 0 Å². The number of rotatable bonds is 3. The highest BCUT2D eigenvalue weighted by atomic mass is 16.8. The summed E-state index contributed by atoms with van der Waals surface area (Å²) in [4.78, 5) is 22.5. The maximum Gasteiger partial charge on any atom is 0.332 e. The first kappa shape index (κ1) is 19.1. The van der Waals surface area contributed by atoms with Crippen molar-refractivity contribution in [3.05, 3.63) is 12.2 Å². The Balaban J connectivity index is 1.19. The molecule has 168 valence electrons. The molecule has 0 amide bonds. The second kappa shape index (κ2) is 5.74. The van der Waals surface area contributed by atoms with E-state index in [0.717, 1.165) is 32.1 Å². The lowest BCUT2D eigenvalue weighted by molar-refractivity contribution is -0.160. The van der Waals surface area contributed by atoms with Gasteiger partial charge in [-0.05, 0) is 80.6 Å². The van der Waals surface area contributed by atoms with Crippen LogP contribution in [0.25, 0.3) is 0 Å². The normalized spacial score (nSPS) is 60.5. The molecule has 4 saturated carbocycles. The number of hydrogen-bond donors (Lipinski definition) is 0. The van der Waals surface area contributed by atoms with Crippen LogP contribution in [-0.2, 0) is 28.5 Å². The van der Waals surface area contributed by atoms with Crippen LogP contribution in [0.4, 0.5) is 0 Å². The van der Waals surface area contributed by atoms with Gasteiger partial charge >= 0.3 is 5.97 Å². The molecule has 4 aliphatic carbocycles. The van der Waals surface area contributed by atoms with Gasteiger partial charge in [-0.3, -0.25) is 4.79 Å². The minimum absolute atomic E-state index is 0.0365. The highest BCUT2D eigenvalue weighted by Crippen LogP contribution is 2.79. The fraction of sp³-hybridized carbons (Fsp3) is 0.840. The molecule has 3 heterocycles. The molecular formula is C25H32O6. The highest BCUT2D eigenvalue weighted by Gasteiger charge is 2.85. The number of esters is 1. The Bertz CT molecular complexity index is 885. The van der Waals surface area contributed by atoms with E-state index in [1.807, 2.05) is 6.08 Å². The Morgan fingerprint density at radius 1 is 1.06 bits per heavy atom. The molecule has 0 aromatic carbocycles. The Morgan fingerprint density at radius 2 is 1.94 bits per heavy atom. The fourth-order valence-corrected chi connectivity index (χ4v) is 9.63. The second-order valence-corrected chi connectivity index (χ2v) is 11.8. The Morgan fingerprint density at radius 3 is 2.74 bits per heavy atom. The van der Waals surface area contributed by atoms with Crippen LogP contribution in [0.1, 0.15) is 65.2 Å². The lowest BCUT2D eigenvalue weighted by atomic mass is 9.43. The van der Waals surface area contributed by atoms with Crippen LogP contribution in [0.5, 0.6) is 0 Å². The molecule has 0 N–H and O–H groups in total. The van der Waals surface area contributed by atoms with Crippen LogP contribution in [0.3, 0.4) is 0 Å². The predicted octanol–water partition coefficient (Wildman–Crippen LogP) is 3.53. The molecule has 6 nitrogen and oxygen atoms in total. The highest BCUT2D eigenvalue weighted by molar-refractivity contribution is 5.84. The van der Waals surface area contributed by atoms with Crippen molar-refractivity contribution in [2.75, 3.05) is 0 Å². The molecule has 6 fully saturated rings. The summed E-state index contributed by atoms with van der Waals surface area (Å²) < 4.78 is 23.5. The summed E-state index contributed by atoms with van der Waals surface area (Å²) in [5, 5.41) is 0. The SMILES string of the molecule is C[C@]12CC[C@H](OC=O)C[C@H]1CC[C@@H]1[C@@H]2CC[C@]2(C)[C@@H]([C@@]34C=CC(=O)OC3O4)C[C@H]3O[C@]132. The summed E-state index contributed by atoms with van der Waals surface area (Å²) in [5.41, 5.74) is -0.0912. The van der Waals surface area contributed by atoms with Gasteiger partial charge in [-0.25, -0.2) is 4.79 Å². The van der Waals surface area contributed by atoms with Gasteiger partial charge in [0.2, 0.25) is 6.29 Å². The van der Waals surface area contributed by atoms with Crippen molar-refractivity contribution in [3.63, 3.8) is 0 Å². The largest absolute Gasteiger partial charge is 0.465 e. The number of hydrogen-bond acceptors (Lipinski definition) is 6. The van der Waals surface area contributed by atoms with Crippen molar-refractivity contribution < 1.29 is 28.5 Å². The third-order valence-corrected chi connectivity index (χ3v) is 11.2. The van der Waals surface area contributed by atoms with Gasteiger partial charge in [0.05, 0.1) is 6.10 Å². The number of carbonyl (C=O) groups is 2. The van der Waals surface area contributed by atoms with Gasteiger partial charge in [0.25, 0.3) is 6.47 Å². The molecule has 2 saturated heterocycles. The minimum Gasteiger partial charge on any atom is -0.465 e. The number of epoxide rings is 2. The zero-order valence-corrected chi connectivity index (χ0v) is 18.4. The summed E-state index contributed by atoms with van der Waals surface area (Å²) in [5.74, 6) is 1.96. The Labute approximate surface area is 183 Å². The van der Waals surface area contributed by atoms with Crippen LogP contribution >= 0.6 is 0 Å². The van der Waals surface area contributed by atoms with E-state index in [0.29, 0.717) is 41.7 Å². The third kappa shape index (κ3) is 2.12. The summed E-state index contributed by atoms with van der Waals surface area (Å²) >= 11 is 0. The molecule has 3 aliphatic heterocycles. The van der Waals surface area contributed by atoms with E-state index in [2.05, 4.69) is 13.8 Å². The van der Waals surface area contributed by atoms with E-state index in [1.165, 1.54) is 19.3 Å². The van der Waals surface area contributed by atoms with Gasteiger partial charge in [-0.2, -0.15) is 0 Å². The lowest BCUT2D eigenvalue weighted by Gasteiger charge is -2.61. The van der Waals surface area contributed by atoms with Crippen LogP contribution in [0.15, 0.2) is 12.2 Å². The summed E-state index contributed by atoms with van der Waals surface area (Å²) in [6.07, 6.45) is 12.5. The van der Waals surface area contributed by atoms with Crippen LogP contribution < -0.4 is 0 Å². The Hall–Kier alpha value is -1.40. The van der Waals surface area contributed by atoms with E-state index in [1.54, 1.807) is 6.08 Å². The van der Waals surface area contributed by atoms with E-state index in [-0.39, 0.29) is 23.1 Å². The van der Waals surface area contributed by atoms with E-state index in [9.17, 15) is 9.59 Å². The summed E-state index contributed by atoms with van der Waals surface area (Å²) in [6, 6.07) is 0. The molecule has 7 rings (SSSR count). The molecule has 1 spiro atoms. The van der Waals surface area contributed by atoms with Gasteiger partial charge in [0.1, 0.15) is 11.7 Å². The molecule has 1 unspecified atom stereocenters. The van der Waals surface area contributed by atoms with Crippen molar-refractivity contribution >= 4 is 12.4 Å². The minimum atomic E-state index is -0.426. The van der Waals surface area contributed by atoms with Crippen LogP contribution in [-0.4, -0.2) is 42.1 Å². The van der Waals surface area contributed by atoms with Gasteiger partial charge in [0.15, 0.2) is 5.60 Å².